The molecule has 9 nitrogen and oxygen atoms in total. The second-order valence-electron chi connectivity index (χ2n) is 6.48. The van der Waals surface area contributed by atoms with Gasteiger partial charge in [0.2, 0.25) is 0 Å². The molecule has 168 valence electrons. The molecule has 0 saturated carbocycles. The lowest BCUT2D eigenvalue weighted by Crippen LogP contribution is -2.21. The molecule has 2 aliphatic heterocycles. The van der Waals surface area contributed by atoms with Crippen molar-refractivity contribution in [3.05, 3.63) is 59.7 Å². The summed E-state index contributed by atoms with van der Waals surface area (Å²) in [5.41, 5.74) is 0.440. The van der Waals surface area contributed by atoms with Crippen molar-refractivity contribution in [2.45, 2.75) is 30.6 Å². The van der Waals surface area contributed by atoms with Crippen LogP contribution in [0.25, 0.3) is 0 Å². The number of rotatable bonds is 3. The van der Waals surface area contributed by atoms with Gasteiger partial charge in [0.25, 0.3) is 31.9 Å². The number of benzene rings is 2. The summed E-state index contributed by atoms with van der Waals surface area (Å²) < 4.78 is 48.3. The first kappa shape index (κ1) is 24.5. The van der Waals surface area contributed by atoms with Gasteiger partial charge in [-0.15, -0.1) is 0 Å². The Kier molecular flexibility index (Phi) is 7.93. The molecule has 0 aromatic heterocycles. The normalized spacial score (nSPS) is 16.6. The number of sulfonamides is 2. The molecule has 0 atom stereocenters. The van der Waals surface area contributed by atoms with E-state index >= 15 is 0 Å². The Bertz CT molecular complexity index is 1080. The Balaban J connectivity index is 0.000000173. The molecule has 2 heterocycles. The zero-order chi connectivity index (χ0) is 23.2. The van der Waals surface area contributed by atoms with Crippen LogP contribution in [0.4, 0.5) is 0 Å². The van der Waals surface area contributed by atoms with Crippen molar-refractivity contribution in [1.82, 2.24) is 14.3 Å². The molecule has 0 radical (unpaired) electrons. The number of nitrogens with one attached hydrogen (secondary N) is 2. The summed E-state index contributed by atoms with van der Waals surface area (Å²) in [5, 5.41) is 0. The summed E-state index contributed by atoms with van der Waals surface area (Å²) in [4.78, 5) is 24.5. The Hall–Kier alpha value is -2.76. The molecular formula is C20H25N3O6S2. The Morgan fingerprint density at radius 2 is 0.968 bits per heavy atom. The fourth-order valence-corrected chi connectivity index (χ4v) is 5.26. The molecule has 2 aromatic carbocycles. The van der Waals surface area contributed by atoms with Crippen molar-refractivity contribution in [3.8, 4) is 0 Å². The van der Waals surface area contributed by atoms with Crippen LogP contribution in [0.3, 0.4) is 0 Å². The van der Waals surface area contributed by atoms with E-state index < -0.39 is 31.9 Å². The second-order valence-corrected chi connectivity index (χ2v) is 9.78. The van der Waals surface area contributed by atoms with Crippen LogP contribution in [0.2, 0.25) is 0 Å². The lowest BCUT2D eigenvalue weighted by Gasteiger charge is -2.13. The molecule has 0 bridgehead atoms. The lowest BCUT2D eigenvalue weighted by molar-refractivity contribution is 0.0976. The van der Waals surface area contributed by atoms with Crippen molar-refractivity contribution in [3.63, 3.8) is 0 Å². The monoisotopic (exact) mass is 467 g/mol. The first-order chi connectivity index (χ1) is 14.6. The summed E-state index contributed by atoms with van der Waals surface area (Å²) >= 11 is 0. The summed E-state index contributed by atoms with van der Waals surface area (Å²) in [7, 11) is -7.11. The van der Waals surface area contributed by atoms with E-state index in [-0.39, 0.29) is 20.9 Å². The van der Waals surface area contributed by atoms with E-state index in [0.717, 1.165) is 0 Å². The van der Waals surface area contributed by atoms with Crippen LogP contribution in [0.15, 0.2) is 58.3 Å². The summed E-state index contributed by atoms with van der Waals surface area (Å²) in [5.74, 6) is -1.10. The van der Waals surface area contributed by atoms with Gasteiger partial charge in [0, 0.05) is 0 Å². The zero-order valence-corrected chi connectivity index (χ0v) is 19.1. The van der Waals surface area contributed by atoms with E-state index in [4.69, 9.17) is 0 Å². The van der Waals surface area contributed by atoms with E-state index in [1.54, 1.807) is 24.3 Å². The van der Waals surface area contributed by atoms with E-state index in [1.165, 1.54) is 43.9 Å². The highest BCUT2D eigenvalue weighted by Gasteiger charge is 2.32. The van der Waals surface area contributed by atoms with Gasteiger partial charge in [-0.25, -0.2) is 26.3 Å². The third kappa shape index (κ3) is 5.69. The molecule has 0 aliphatic carbocycles. The van der Waals surface area contributed by atoms with Gasteiger partial charge in [-0.2, -0.15) is 0 Å². The highest BCUT2D eigenvalue weighted by molar-refractivity contribution is 7.91. The summed E-state index contributed by atoms with van der Waals surface area (Å²) in [6.07, 6.45) is 0. The van der Waals surface area contributed by atoms with Gasteiger partial charge in [0.05, 0.1) is 11.1 Å². The van der Waals surface area contributed by atoms with Crippen LogP contribution in [-0.4, -0.2) is 53.2 Å². The molecule has 0 unspecified atom stereocenters. The molecular weight excluding hydrogens is 442 g/mol. The van der Waals surface area contributed by atoms with Crippen LogP contribution in [0.1, 0.15) is 41.5 Å². The second kappa shape index (κ2) is 10.0. The molecule has 11 heteroatoms. The standard InChI is InChI=1S/2C7H5NO3S.C6H15N/c2*9-7-5-3-1-2-4-6(5)12(10,11)8-7;1-4-7(5-2)6-3/h2*1-4H,(H,8,9);4-6H2,1-3H3. The average molecular weight is 468 g/mol. The van der Waals surface area contributed by atoms with Crippen LogP contribution >= 0.6 is 0 Å². The SMILES string of the molecule is CCN(CC)CC.O=C1NS(=O)(=O)c2ccccc21.O=C1NS(=O)(=O)c2ccccc21. The van der Waals surface area contributed by atoms with E-state index in [0.29, 0.717) is 0 Å². The molecule has 31 heavy (non-hydrogen) atoms. The first-order valence-electron chi connectivity index (χ1n) is 9.62. The molecule has 0 saturated heterocycles. The van der Waals surface area contributed by atoms with Gasteiger partial charge in [0.1, 0.15) is 9.79 Å². The highest BCUT2D eigenvalue weighted by atomic mass is 32.2. The average Bonchev–Trinajstić information content (AvgIpc) is 3.13. The van der Waals surface area contributed by atoms with Crippen molar-refractivity contribution < 1.29 is 26.4 Å². The molecule has 0 fully saturated rings. The summed E-state index contributed by atoms with van der Waals surface area (Å²) in [6, 6.07) is 12.2. The number of hydrogen-bond donors (Lipinski definition) is 2. The minimum absolute atomic E-state index is 0.0648. The predicted octanol–water partition coefficient (Wildman–Crippen LogP) is 1.59. The third-order valence-electron chi connectivity index (χ3n) is 4.64. The number of hydrogen-bond acceptors (Lipinski definition) is 7. The predicted molar refractivity (Wildman–Crippen MR) is 116 cm³/mol. The maximum atomic E-state index is 11.1. The van der Waals surface area contributed by atoms with Crippen LogP contribution in [0.5, 0.6) is 0 Å². The van der Waals surface area contributed by atoms with E-state index in [2.05, 4.69) is 25.7 Å². The van der Waals surface area contributed by atoms with Gasteiger partial charge in [-0.3, -0.25) is 9.59 Å². The van der Waals surface area contributed by atoms with Gasteiger partial charge >= 0.3 is 0 Å². The van der Waals surface area contributed by atoms with Crippen LogP contribution in [-0.2, 0) is 20.0 Å². The summed E-state index contributed by atoms with van der Waals surface area (Å²) in [6.45, 7) is 10.1. The molecule has 0 spiro atoms. The lowest BCUT2D eigenvalue weighted by atomic mass is 10.2. The Morgan fingerprint density at radius 3 is 1.23 bits per heavy atom. The third-order valence-corrected chi connectivity index (χ3v) is 7.42. The first-order valence-corrected chi connectivity index (χ1v) is 12.6. The maximum absolute atomic E-state index is 11.1. The largest absolute Gasteiger partial charge is 0.304 e. The highest BCUT2D eigenvalue weighted by Crippen LogP contribution is 2.21. The number of nitrogens with zero attached hydrogens (tertiary/aromatic N) is 1. The van der Waals surface area contributed by atoms with Crippen molar-refractivity contribution in [2.24, 2.45) is 0 Å². The van der Waals surface area contributed by atoms with Crippen molar-refractivity contribution >= 4 is 31.9 Å². The maximum Gasteiger partial charge on any atom is 0.266 e. The van der Waals surface area contributed by atoms with Crippen LogP contribution < -0.4 is 9.44 Å². The topological polar surface area (TPSA) is 130 Å². The Morgan fingerprint density at radius 1 is 0.645 bits per heavy atom. The van der Waals surface area contributed by atoms with Gasteiger partial charge in [0.15, 0.2) is 0 Å². The van der Waals surface area contributed by atoms with Crippen LogP contribution in [0, 0.1) is 0 Å². The molecule has 2 N–H and O–H groups in total. The number of carbonyl (C=O) groups excluding carboxylic acids is 2. The van der Waals surface area contributed by atoms with Gasteiger partial charge in [-0.05, 0) is 43.9 Å². The van der Waals surface area contributed by atoms with Gasteiger partial charge in [-0.1, -0.05) is 45.0 Å². The van der Waals surface area contributed by atoms with Crippen molar-refractivity contribution in [1.29, 1.82) is 0 Å². The Labute approximate surface area is 182 Å². The van der Waals surface area contributed by atoms with E-state index in [9.17, 15) is 26.4 Å². The molecule has 2 aliphatic rings. The number of carbonyl (C=O) groups is 2. The van der Waals surface area contributed by atoms with E-state index in [1.807, 2.05) is 9.44 Å². The minimum atomic E-state index is -3.55. The number of amides is 2. The zero-order valence-electron chi connectivity index (χ0n) is 17.5. The fraction of sp³-hybridized carbons (Fsp3) is 0.300. The molecule has 4 rings (SSSR count). The quantitative estimate of drug-likeness (QED) is 0.701. The molecule has 2 amide bonds. The van der Waals surface area contributed by atoms with Gasteiger partial charge < -0.3 is 4.90 Å². The van der Waals surface area contributed by atoms with Crippen molar-refractivity contribution in [2.75, 3.05) is 19.6 Å². The minimum Gasteiger partial charge on any atom is -0.304 e. The fourth-order valence-electron chi connectivity index (χ4n) is 2.91. The molecule has 2 aromatic rings. The smallest absolute Gasteiger partial charge is 0.266 e. The number of fused-ring (bicyclic) bond motifs is 2.